The van der Waals surface area contributed by atoms with Crippen LogP contribution in [-0.4, -0.2) is 39.4 Å². The van der Waals surface area contributed by atoms with Crippen molar-refractivity contribution in [1.82, 2.24) is 5.32 Å². The fourth-order valence-corrected chi connectivity index (χ4v) is 1.49. The number of rotatable bonds is 5. The normalized spacial score (nSPS) is 11.2. The van der Waals surface area contributed by atoms with Crippen LogP contribution in [0.2, 0.25) is 0 Å². The molecule has 1 aromatic rings. The Labute approximate surface area is 117 Å². The standard InChI is InChI=1S/C13H18N2O5/c1-8(12(16)20-4)14-13(17)15-10-6-5-9(18-2)7-11(10)19-3/h5-8H,1-4H3,(H2,14,15,17)/t8-/m0/s1. The van der Waals surface area contributed by atoms with Crippen molar-refractivity contribution in [2.45, 2.75) is 13.0 Å². The Morgan fingerprint density at radius 3 is 2.40 bits per heavy atom. The van der Waals surface area contributed by atoms with Crippen molar-refractivity contribution >= 4 is 17.7 Å². The van der Waals surface area contributed by atoms with Crippen LogP contribution in [0.15, 0.2) is 18.2 Å². The summed E-state index contributed by atoms with van der Waals surface area (Å²) in [6, 6.07) is 3.68. The summed E-state index contributed by atoms with van der Waals surface area (Å²) in [5, 5.41) is 5.03. The largest absolute Gasteiger partial charge is 0.497 e. The molecule has 0 bridgehead atoms. The summed E-state index contributed by atoms with van der Waals surface area (Å²) in [6.07, 6.45) is 0. The Balaban J connectivity index is 2.73. The molecule has 2 N–H and O–H groups in total. The second kappa shape index (κ2) is 7.22. The number of urea groups is 1. The zero-order valence-corrected chi connectivity index (χ0v) is 11.9. The van der Waals surface area contributed by atoms with Crippen LogP contribution in [0.4, 0.5) is 10.5 Å². The highest BCUT2D eigenvalue weighted by molar-refractivity contribution is 5.93. The molecule has 7 heteroatoms. The number of esters is 1. The molecule has 0 aliphatic carbocycles. The lowest BCUT2D eigenvalue weighted by atomic mass is 10.2. The van der Waals surface area contributed by atoms with Crippen LogP contribution in [-0.2, 0) is 9.53 Å². The van der Waals surface area contributed by atoms with Gasteiger partial charge in [-0.3, -0.25) is 0 Å². The molecule has 0 saturated carbocycles. The summed E-state index contributed by atoms with van der Waals surface area (Å²) in [5.41, 5.74) is 0.461. The van der Waals surface area contributed by atoms with Crippen molar-refractivity contribution in [2.24, 2.45) is 0 Å². The molecule has 0 aromatic heterocycles. The number of methoxy groups -OCH3 is 3. The predicted molar refractivity (Wildman–Crippen MR) is 73.2 cm³/mol. The maximum Gasteiger partial charge on any atom is 0.328 e. The summed E-state index contributed by atoms with van der Waals surface area (Å²) >= 11 is 0. The monoisotopic (exact) mass is 282 g/mol. The zero-order valence-electron chi connectivity index (χ0n) is 11.9. The number of carbonyl (C=O) groups excluding carboxylic acids is 2. The number of carbonyl (C=O) groups is 2. The topological polar surface area (TPSA) is 85.9 Å². The predicted octanol–water partition coefficient (Wildman–Crippen LogP) is 1.39. The Kier molecular flexibility index (Phi) is 5.64. The van der Waals surface area contributed by atoms with Gasteiger partial charge in [-0.15, -0.1) is 0 Å². The smallest absolute Gasteiger partial charge is 0.328 e. The molecule has 0 aliphatic rings. The number of ether oxygens (including phenoxy) is 3. The molecule has 0 unspecified atom stereocenters. The first-order valence-electron chi connectivity index (χ1n) is 5.89. The van der Waals surface area contributed by atoms with Gasteiger partial charge in [-0.05, 0) is 19.1 Å². The third-order valence-corrected chi connectivity index (χ3v) is 2.56. The molecule has 0 spiro atoms. The van der Waals surface area contributed by atoms with Crippen LogP contribution in [0, 0.1) is 0 Å². The fourth-order valence-electron chi connectivity index (χ4n) is 1.49. The summed E-state index contributed by atoms with van der Waals surface area (Å²) in [5.74, 6) is 0.530. The van der Waals surface area contributed by atoms with Crippen LogP contribution >= 0.6 is 0 Å². The SMILES string of the molecule is COC(=O)[C@H](C)NC(=O)Nc1ccc(OC)cc1OC. The van der Waals surface area contributed by atoms with Crippen LogP contribution in [0.1, 0.15) is 6.92 Å². The minimum absolute atomic E-state index is 0.449. The number of benzene rings is 1. The van der Waals surface area contributed by atoms with E-state index in [-0.39, 0.29) is 0 Å². The highest BCUT2D eigenvalue weighted by atomic mass is 16.5. The molecule has 0 heterocycles. The van der Waals surface area contributed by atoms with Gasteiger partial charge in [-0.25, -0.2) is 9.59 Å². The lowest BCUT2D eigenvalue weighted by molar-refractivity contribution is -0.142. The van der Waals surface area contributed by atoms with E-state index < -0.39 is 18.0 Å². The molecule has 1 rings (SSSR count). The molecule has 0 saturated heterocycles. The maximum atomic E-state index is 11.7. The van der Waals surface area contributed by atoms with Gasteiger partial charge in [0, 0.05) is 6.07 Å². The van der Waals surface area contributed by atoms with Crippen LogP contribution in [0.3, 0.4) is 0 Å². The molecule has 7 nitrogen and oxygen atoms in total. The van der Waals surface area contributed by atoms with Gasteiger partial charge < -0.3 is 24.8 Å². The van der Waals surface area contributed by atoms with Crippen molar-refractivity contribution < 1.29 is 23.8 Å². The molecule has 1 atom stereocenters. The van der Waals surface area contributed by atoms with Crippen molar-refractivity contribution in [3.63, 3.8) is 0 Å². The van der Waals surface area contributed by atoms with E-state index in [0.29, 0.717) is 17.2 Å². The van der Waals surface area contributed by atoms with E-state index in [1.165, 1.54) is 28.3 Å². The van der Waals surface area contributed by atoms with Crippen LogP contribution in [0.25, 0.3) is 0 Å². The molecule has 0 radical (unpaired) electrons. The van der Waals surface area contributed by atoms with Crippen molar-refractivity contribution in [3.05, 3.63) is 18.2 Å². The van der Waals surface area contributed by atoms with Gasteiger partial charge in [0.25, 0.3) is 0 Å². The van der Waals surface area contributed by atoms with Crippen molar-refractivity contribution in [1.29, 1.82) is 0 Å². The lowest BCUT2D eigenvalue weighted by Gasteiger charge is -2.14. The summed E-state index contributed by atoms with van der Waals surface area (Å²) in [4.78, 5) is 22.9. The van der Waals surface area contributed by atoms with E-state index in [1.54, 1.807) is 18.2 Å². The second-order valence-corrected chi connectivity index (χ2v) is 3.91. The summed E-state index contributed by atoms with van der Waals surface area (Å²) in [6.45, 7) is 1.52. The average molecular weight is 282 g/mol. The van der Waals surface area contributed by atoms with Gasteiger partial charge in [-0.1, -0.05) is 0 Å². The molecular formula is C13H18N2O5. The Hall–Kier alpha value is -2.44. The summed E-state index contributed by atoms with van der Waals surface area (Å²) < 4.78 is 14.7. The van der Waals surface area contributed by atoms with Gasteiger partial charge >= 0.3 is 12.0 Å². The van der Waals surface area contributed by atoms with Gasteiger partial charge in [0.2, 0.25) is 0 Å². The number of hydrogen-bond donors (Lipinski definition) is 2. The van der Waals surface area contributed by atoms with Crippen LogP contribution in [0.5, 0.6) is 11.5 Å². The highest BCUT2D eigenvalue weighted by Gasteiger charge is 2.16. The van der Waals surface area contributed by atoms with Gasteiger partial charge in [-0.2, -0.15) is 0 Å². The fraction of sp³-hybridized carbons (Fsp3) is 0.385. The molecule has 0 fully saturated rings. The van der Waals surface area contributed by atoms with Crippen LogP contribution < -0.4 is 20.1 Å². The molecule has 1 aromatic carbocycles. The quantitative estimate of drug-likeness (QED) is 0.797. The first-order chi connectivity index (χ1) is 9.51. The first-order valence-corrected chi connectivity index (χ1v) is 5.89. The molecular weight excluding hydrogens is 264 g/mol. The van der Waals surface area contributed by atoms with Gasteiger partial charge in [0.1, 0.15) is 17.5 Å². The van der Waals surface area contributed by atoms with E-state index in [9.17, 15) is 9.59 Å². The lowest BCUT2D eigenvalue weighted by Crippen LogP contribution is -2.41. The number of nitrogens with one attached hydrogen (secondary N) is 2. The Morgan fingerprint density at radius 1 is 1.15 bits per heavy atom. The van der Waals surface area contributed by atoms with Crippen molar-refractivity contribution in [3.8, 4) is 11.5 Å². The van der Waals surface area contributed by atoms with E-state index in [4.69, 9.17) is 9.47 Å². The van der Waals surface area contributed by atoms with Gasteiger partial charge in [0.15, 0.2) is 0 Å². The second-order valence-electron chi connectivity index (χ2n) is 3.91. The van der Waals surface area contributed by atoms with E-state index in [2.05, 4.69) is 15.4 Å². The van der Waals surface area contributed by atoms with E-state index in [1.807, 2.05) is 0 Å². The maximum absolute atomic E-state index is 11.7. The summed E-state index contributed by atoms with van der Waals surface area (Å²) in [7, 11) is 4.27. The molecule has 0 aliphatic heterocycles. The Bertz CT molecular complexity index is 490. The third kappa shape index (κ3) is 4.04. The Morgan fingerprint density at radius 2 is 1.85 bits per heavy atom. The van der Waals surface area contributed by atoms with E-state index >= 15 is 0 Å². The third-order valence-electron chi connectivity index (χ3n) is 2.56. The first kappa shape index (κ1) is 15.6. The van der Waals surface area contributed by atoms with Crippen molar-refractivity contribution in [2.75, 3.05) is 26.6 Å². The molecule has 20 heavy (non-hydrogen) atoms. The van der Waals surface area contributed by atoms with Gasteiger partial charge in [0.05, 0.1) is 27.0 Å². The number of amides is 2. The molecule has 2 amide bonds. The number of hydrogen-bond acceptors (Lipinski definition) is 5. The highest BCUT2D eigenvalue weighted by Crippen LogP contribution is 2.28. The zero-order chi connectivity index (χ0) is 15.1. The average Bonchev–Trinajstić information content (AvgIpc) is 2.46. The minimum Gasteiger partial charge on any atom is -0.497 e. The number of anilines is 1. The minimum atomic E-state index is -0.746. The molecule has 110 valence electrons. The van der Waals surface area contributed by atoms with E-state index in [0.717, 1.165) is 0 Å².